The van der Waals surface area contributed by atoms with E-state index in [1.807, 2.05) is 0 Å². The summed E-state index contributed by atoms with van der Waals surface area (Å²) in [5.41, 5.74) is 3.44. The fourth-order valence-electron chi connectivity index (χ4n) is 4.79. The molecule has 0 saturated heterocycles. The van der Waals surface area contributed by atoms with Crippen molar-refractivity contribution in [2.24, 2.45) is 5.92 Å². The van der Waals surface area contributed by atoms with Crippen molar-refractivity contribution in [1.82, 2.24) is 0 Å². The van der Waals surface area contributed by atoms with E-state index in [0.717, 1.165) is 18.8 Å². The second-order valence-electron chi connectivity index (χ2n) is 8.81. The molecule has 0 spiro atoms. The van der Waals surface area contributed by atoms with Gasteiger partial charge < -0.3 is 9.47 Å². The highest BCUT2D eigenvalue weighted by Crippen LogP contribution is 2.36. The molecule has 1 heterocycles. The van der Waals surface area contributed by atoms with Gasteiger partial charge in [0.1, 0.15) is 11.7 Å². The lowest BCUT2D eigenvalue weighted by molar-refractivity contribution is 0.0230. The number of cyclic esters (lactones) is 1. The molecule has 160 valence electrons. The van der Waals surface area contributed by atoms with E-state index >= 15 is 0 Å². The smallest absolute Gasteiger partial charge is 0.341 e. The Morgan fingerprint density at radius 2 is 1.80 bits per heavy atom. The van der Waals surface area contributed by atoms with Gasteiger partial charge >= 0.3 is 5.97 Å². The molecule has 1 atom stereocenters. The number of fused-ring (bicyclic) bond motifs is 1. The lowest BCUT2D eigenvalue weighted by Gasteiger charge is -2.27. The van der Waals surface area contributed by atoms with Gasteiger partial charge in [-0.15, -0.1) is 0 Å². The lowest BCUT2D eigenvalue weighted by atomic mass is 9.79. The van der Waals surface area contributed by atoms with Crippen LogP contribution in [-0.2, 0) is 17.6 Å². The van der Waals surface area contributed by atoms with Crippen molar-refractivity contribution in [2.45, 2.75) is 70.8 Å². The maximum atomic E-state index is 14.6. The van der Waals surface area contributed by atoms with Crippen molar-refractivity contribution < 1.29 is 18.7 Å². The number of rotatable bonds is 6. The topological polar surface area (TPSA) is 35.5 Å². The highest BCUT2D eigenvalue weighted by Gasteiger charge is 2.30. The van der Waals surface area contributed by atoms with Gasteiger partial charge in [0.05, 0.1) is 6.61 Å². The molecule has 1 aliphatic carbocycles. The van der Waals surface area contributed by atoms with Crippen LogP contribution in [0.3, 0.4) is 0 Å². The summed E-state index contributed by atoms with van der Waals surface area (Å²) >= 11 is 0. The van der Waals surface area contributed by atoms with Crippen molar-refractivity contribution >= 4 is 5.97 Å². The average Bonchev–Trinajstić information content (AvgIpc) is 2.75. The van der Waals surface area contributed by atoms with E-state index in [1.165, 1.54) is 36.8 Å². The maximum absolute atomic E-state index is 14.6. The Morgan fingerprint density at radius 1 is 1.07 bits per heavy atom. The molecule has 1 unspecified atom stereocenters. The van der Waals surface area contributed by atoms with Crippen LogP contribution in [0.2, 0.25) is 0 Å². The van der Waals surface area contributed by atoms with Crippen LogP contribution in [0, 0.1) is 11.7 Å². The maximum Gasteiger partial charge on any atom is 0.341 e. The Kier molecular flexibility index (Phi) is 6.40. The average molecular weight is 411 g/mol. The predicted molar refractivity (Wildman–Crippen MR) is 116 cm³/mol. The quantitative estimate of drug-likeness (QED) is 0.529. The summed E-state index contributed by atoms with van der Waals surface area (Å²) < 4.78 is 25.4. The molecule has 3 nitrogen and oxygen atoms in total. The number of esters is 1. The van der Waals surface area contributed by atoms with Crippen LogP contribution < -0.4 is 4.74 Å². The van der Waals surface area contributed by atoms with E-state index in [4.69, 9.17) is 9.47 Å². The van der Waals surface area contributed by atoms with E-state index in [9.17, 15) is 9.18 Å². The number of benzene rings is 2. The molecular weight excluding hydrogens is 379 g/mol. The van der Waals surface area contributed by atoms with Crippen LogP contribution in [0.4, 0.5) is 4.39 Å². The van der Waals surface area contributed by atoms with Crippen molar-refractivity contribution in [3.63, 3.8) is 0 Å². The van der Waals surface area contributed by atoms with Gasteiger partial charge in [0.2, 0.25) is 0 Å². The minimum absolute atomic E-state index is 0.0309. The lowest BCUT2D eigenvalue weighted by Crippen LogP contribution is -2.29. The molecule has 1 saturated carbocycles. The molecule has 30 heavy (non-hydrogen) atoms. The Labute approximate surface area is 178 Å². The number of ether oxygens (including phenoxy) is 2. The third-order valence-electron chi connectivity index (χ3n) is 6.64. The molecule has 4 heteroatoms. The molecular formula is C26H31FO3. The summed E-state index contributed by atoms with van der Waals surface area (Å²) in [4.78, 5) is 12.4. The minimum atomic E-state index is -0.606. The predicted octanol–water partition coefficient (Wildman–Crippen LogP) is 6.23. The molecule has 0 N–H and O–H groups in total. The molecule has 0 amide bonds. The second kappa shape index (κ2) is 9.20. The fourth-order valence-corrected chi connectivity index (χ4v) is 4.79. The van der Waals surface area contributed by atoms with Gasteiger partial charge in [0, 0.05) is 6.42 Å². The first-order chi connectivity index (χ1) is 14.5. The van der Waals surface area contributed by atoms with Crippen LogP contribution in [0.5, 0.6) is 5.75 Å². The summed E-state index contributed by atoms with van der Waals surface area (Å²) in [6, 6.07) is 12.3. The van der Waals surface area contributed by atoms with E-state index in [0.29, 0.717) is 24.5 Å². The van der Waals surface area contributed by atoms with Crippen molar-refractivity contribution in [2.75, 3.05) is 6.61 Å². The van der Waals surface area contributed by atoms with Gasteiger partial charge in [0.15, 0.2) is 11.6 Å². The standard InChI is InChI=1S/C26H31FO3/c1-3-29-23-15-13-21-16-22(30-26(28)24(21)25(23)27)14-8-18-6-11-20(12-7-18)19-9-4-17(2)5-10-19/h6-7,11-13,15,17,19,22H,3-5,8-10,14,16H2,1-2H3. The third-order valence-corrected chi connectivity index (χ3v) is 6.64. The van der Waals surface area contributed by atoms with Crippen LogP contribution in [0.15, 0.2) is 36.4 Å². The van der Waals surface area contributed by atoms with E-state index in [-0.39, 0.29) is 17.4 Å². The summed E-state index contributed by atoms with van der Waals surface area (Å²) in [5, 5.41) is 0. The number of carbonyl (C=O) groups excluding carboxylic acids is 1. The Bertz CT molecular complexity index is 882. The monoisotopic (exact) mass is 410 g/mol. The molecule has 0 bridgehead atoms. The van der Waals surface area contributed by atoms with Gasteiger partial charge in [0.25, 0.3) is 0 Å². The van der Waals surface area contributed by atoms with Gasteiger partial charge in [-0.1, -0.05) is 50.1 Å². The molecule has 0 radical (unpaired) electrons. The summed E-state index contributed by atoms with van der Waals surface area (Å²) in [5.74, 6) is 0.484. The van der Waals surface area contributed by atoms with E-state index in [1.54, 1.807) is 19.1 Å². The molecule has 2 aliphatic rings. The van der Waals surface area contributed by atoms with Gasteiger partial charge in [-0.2, -0.15) is 0 Å². The molecule has 2 aromatic rings. The van der Waals surface area contributed by atoms with Crippen molar-refractivity contribution in [3.8, 4) is 5.75 Å². The zero-order chi connectivity index (χ0) is 21.1. The Hall–Kier alpha value is -2.36. The Balaban J connectivity index is 1.36. The highest BCUT2D eigenvalue weighted by atomic mass is 19.1. The number of hydrogen-bond donors (Lipinski definition) is 0. The summed E-state index contributed by atoms with van der Waals surface area (Å²) in [6.45, 7) is 4.49. The largest absolute Gasteiger partial charge is 0.491 e. The van der Waals surface area contributed by atoms with Crippen LogP contribution >= 0.6 is 0 Å². The van der Waals surface area contributed by atoms with E-state index < -0.39 is 11.8 Å². The number of aryl methyl sites for hydroxylation is 1. The normalized spacial score (nSPS) is 23.6. The van der Waals surface area contributed by atoms with Crippen LogP contribution in [0.1, 0.15) is 78.9 Å². The van der Waals surface area contributed by atoms with E-state index in [2.05, 4.69) is 31.2 Å². The molecule has 1 aliphatic heterocycles. The molecule has 2 aromatic carbocycles. The van der Waals surface area contributed by atoms with Crippen LogP contribution in [0.25, 0.3) is 0 Å². The minimum Gasteiger partial charge on any atom is -0.491 e. The Morgan fingerprint density at radius 3 is 2.50 bits per heavy atom. The van der Waals surface area contributed by atoms with Crippen molar-refractivity contribution in [1.29, 1.82) is 0 Å². The SMILES string of the molecule is CCOc1ccc2c(c1F)C(=O)OC(CCc1ccc(C3CCC(C)CC3)cc1)C2. The zero-order valence-electron chi connectivity index (χ0n) is 18.0. The third kappa shape index (κ3) is 4.53. The number of halogens is 1. The zero-order valence-corrected chi connectivity index (χ0v) is 18.0. The summed E-state index contributed by atoms with van der Waals surface area (Å²) in [7, 11) is 0. The number of hydrogen-bond acceptors (Lipinski definition) is 3. The highest BCUT2D eigenvalue weighted by molar-refractivity contribution is 5.93. The first kappa shape index (κ1) is 20.9. The molecule has 0 aromatic heterocycles. The van der Waals surface area contributed by atoms with Gasteiger partial charge in [-0.3, -0.25) is 0 Å². The molecule has 4 rings (SSSR count). The van der Waals surface area contributed by atoms with Crippen molar-refractivity contribution in [3.05, 3.63) is 64.5 Å². The van der Waals surface area contributed by atoms with Gasteiger partial charge in [-0.05, 0) is 67.2 Å². The second-order valence-corrected chi connectivity index (χ2v) is 8.81. The molecule has 1 fully saturated rings. The van der Waals surface area contributed by atoms with Gasteiger partial charge in [-0.25, -0.2) is 9.18 Å². The summed E-state index contributed by atoms with van der Waals surface area (Å²) in [6.07, 6.45) is 7.14. The number of carbonyl (C=O) groups is 1. The fraction of sp³-hybridized carbons (Fsp3) is 0.500. The van der Waals surface area contributed by atoms with Crippen LogP contribution in [-0.4, -0.2) is 18.7 Å². The first-order valence-corrected chi connectivity index (χ1v) is 11.3. The first-order valence-electron chi connectivity index (χ1n) is 11.3.